The van der Waals surface area contributed by atoms with Crippen molar-refractivity contribution in [3.05, 3.63) is 59.2 Å². The third-order valence-electron chi connectivity index (χ3n) is 3.72. The molecule has 0 unspecified atom stereocenters. The minimum atomic E-state index is -0.952. The lowest BCUT2D eigenvalue weighted by molar-refractivity contribution is 0.0316. The molecule has 2 aromatic carbocycles. The second-order valence-electron chi connectivity index (χ2n) is 5.35. The molecule has 0 aliphatic heterocycles. The van der Waals surface area contributed by atoms with Crippen molar-refractivity contribution >= 4 is 11.8 Å². The molecule has 2 aromatic rings. The predicted molar refractivity (Wildman–Crippen MR) is 89.7 cm³/mol. The summed E-state index contributed by atoms with van der Waals surface area (Å²) in [6.07, 6.45) is -0.0677. The van der Waals surface area contributed by atoms with E-state index < -0.39 is 12.1 Å². The van der Waals surface area contributed by atoms with Crippen LogP contribution >= 0.6 is 0 Å². The van der Waals surface area contributed by atoms with Gasteiger partial charge in [0.1, 0.15) is 17.1 Å². The van der Waals surface area contributed by atoms with Gasteiger partial charge in [-0.25, -0.2) is 4.79 Å². The van der Waals surface area contributed by atoms with E-state index in [9.17, 15) is 14.7 Å². The Labute approximate surface area is 140 Å². The van der Waals surface area contributed by atoms with Gasteiger partial charge >= 0.3 is 5.97 Å². The van der Waals surface area contributed by atoms with Gasteiger partial charge in [0.25, 0.3) is 0 Å². The highest BCUT2D eigenvalue weighted by Crippen LogP contribution is 2.24. The molecule has 24 heavy (non-hydrogen) atoms. The summed E-state index contributed by atoms with van der Waals surface area (Å²) in [5.41, 5.74) is 1.59. The standard InChI is InChI=1S/C19H20O5/c1-4-13-5-7-14(8-6-13)18(21)12(2)24-19(22)16-10-9-15(23-3)11-17(16)20/h5-12,20H,4H2,1-3H3/t12-/m1/s1. The summed E-state index contributed by atoms with van der Waals surface area (Å²) in [6.45, 7) is 3.54. The highest BCUT2D eigenvalue weighted by Gasteiger charge is 2.22. The zero-order valence-corrected chi connectivity index (χ0v) is 13.9. The summed E-state index contributed by atoms with van der Waals surface area (Å²) < 4.78 is 10.1. The van der Waals surface area contributed by atoms with Crippen molar-refractivity contribution < 1.29 is 24.2 Å². The lowest BCUT2D eigenvalue weighted by atomic mass is 10.0. The molecular weight excluding hydrogens is 308 g/mol. The topological polar surface area (TPSA) is 72.8 Å². The summed E-state index contributed by atoms with van der Waals surface area (Å²) in [6, 6.07) is 11.4. The van der Waals surface area contributed by atoms with Crippen LogP contribution in [0.25, 0.3) is 0 Å². The molecule has 0 aromatic heterocycles. The number of methoxy groups -OCH3 is 1. The smallest absolute Gasteiger partial charge is 0.342 e. The fourth-order valence-electron chi connectivity index (χ4n) is 2.23. The van der Waals surface area contributed by atoms with Gasteiger partial charge in [0.15, 0.2) is 6.10 Å². The van der Waals surface area contributed by atoms with Crippen LogP contribution in [-0.2, 0) is 11.2 Å². The SMILES string of the molecule is CCc1ccc(C(=O)[C@@H](C)OC(=O)c2ccc(OC)cc2O)cc1. The number of ketones is 1. The first kappa shape index (κ1) is 17.5. The average molecular weight is 328 g/mol. The van der Waals surface area contributed by atoms with Crippen molar-refractivity contribution in [2.45, 2.75) is 26.4 Å². The van der Waals surface area contributed by atoms with Crippen molar-refractivity contribution in [1.29, 1.82) is 0 Å². The Morgan fingerprint density at radius 2 is 1.79 bits per heavy atom. The quantitative estimate of drug-likeness (QED) is 0.650. The zero-order chi connectivity index (χ0) is 17.7. The first-order chi connectivity index (χ1) is 11.5. The molecule has 0 amide bonds. The van der Waals surface area contributed by atoms with E-state index in [1.54, 1.807) is 12.1 Å². The highest BCUT2D eigenvalue weighted by molar-refractivity contribution is 6.01. The van der Waals surface area contributed by atoms with Crippen molar-refractivity contribution in [2.24, 2.45) is 0 Å². The van der Waals surface area contributed by atoms with Crippen LogP contribution in [0.2, 0.25) is 0 Å². The Kier molecular flexibility index (Phi) is 5.58. The maximum atomic E-state index is 12.3. The predicted octanol–water partition coefficient (Wildman–Crippen LogP) is 3.39. The maximum absolute atomic E-state index is 12.3. The number of aromatic hydroxyl groups is 1. The molecule has 0 aliphatic carbocycles. The van der Waals surface area contributed by atoms with Gasteiger partial charge in [-0.05, 0) is 31.0 Å². The van der Waals surface area contributed by atoms with E-state index in [-0.39, 0.29) is 17.1 Å². The van der Waals surface area contributed by atoms with Gasteiger partial charge in [0.2, 0.25) is 5.78 Å². The van der Waals surface area contributed by atoms with Crippen molar-refractivity contribution in [3.8, 4) is 11.5 Å². The zero-order valence-electron chi connectivity index (χ0n) is 13.9. The van der Waals surface area contributed by atoms with Crippen molar-refractivity contribution in [3.63, 3.8) is 0 Å². The third-order valence-corrected chi connectivity index (χ3v) is 3.72. The molecule has 0 fully saturated rings. The number of hydrogen-bond acceptors (Lipinski definition) is 5. The second kappa shape index (κ2) is 7.64. The van der Waals surface area contributed by atoms with Crippen LogP contribution in [0.4, 0.5) is 0 Å². The molecule has 0 heterocycles. The number of ether oxygens (including phenoxy) is 2. The number of phenols is 1. The van der Waals surface area contributed by atoms with Gasteiger partial charge in [0.05, 0.1) is 7.11 Å². The summed E-state index contributed by atoms with van der Waals surface area (Å²) in [5, 5.41) is 9.85. The molecule has 1 N–H and O–H groups in total. The number of carbonyl (C=O) groups is 2. The van der Waals surface area contributed by atoms with Crippen LogP contribution in [0, 0.1) is 0 Å². The minimum Gasteiger partial charge on any atom is -0.507 e. The highest BCUT2D eigenvalue weighted by atomic mass is 16.5. The molecule has 0 saturated carbocycles. The molecule has 0 radical (unpaired) electrons. The van der Waals surface area contributed by atoms with Gasteiger partial charge in [-0.15, -0.1) is 0 Å². The van der Waals surface area contributed by atoms with E-state index in [4.69, 9.17) is 9.47 Å². The molecule has 126 valence electrons. The largest absolute Gasteiger partial charge is 0.507 e. The van der Waals surface area contributed by atoms with E-state index in [2.05, 4.69) is 0 Å². The van der Waals surface area contributed by atoms with E-state index >= 15 is 0 Å². The first-order valence-electron chi connectivity index (χ1n) is 7.67. The van der Waals surface area contributed by atoms with Crippen LogP contribution in [0.3, 0.4) is 0 Å². The van der Waals surface area contributed by atoms with E-state index in [1.165, 1.54) is 32.2 Å². The normalized spacial score (nSPS) is 11.6. The summed E-state index contributed by atoms with van der Waals surface area (Å²) in [4.78, 5) is 24.5. The Morgan fingerprint density at radius 1 is 1.12 bits per heavy atom. The van der Waals surface area contributed by atoms with E-state index in [1.807, 2.05) is 19.1 Å². The van der Waals surface area contributed by atoms with Gasteiger partial charge in [-0.1, -0.05) is 31.2 Å². The number of hydrogen-bond donors (Lipinski definition) is 1. The molecule has 1 atom stereocenters. The summed E-state index contributed by atoms with van der Waals surface area (Å²) >= 11 is 0. The molecule has 0 bridgehead atoms. The number of rotatable bonds is 6. The Bertz CT molecular complexity index is 734. The van der Waals surface area contributed by atoms with Crippen LogP contribution in [-0.4, -0.2) is 30.1 Å². The van der Waals surface area contributed by atoms with Crippen molar-refractivity contribution in [1.82, 2.24) is 0 Å². The number of esters is 1. The van der Waals surface area contributed by atoms with Crippen LogP contribution in [0.15, 0.2) is 42.5 Å². The minimum absolute atomic E-state index is 0.0169. The van der Waals surface area contributed by atoms with Crippen molar-refractivity contribution in [2.75, 3.05) is 7.11 Å². The molecule has 0 saturated heterocycles. The Morgan fingerprint density at radius 3 is 2.33 bits per heavy atom. The van der Waals surface area contributed by atoms with Crippen LogP contribution < -0.4 is 4.74 Å². The maximum Gasteiger partial charge on any atom is 0.342 e. The molecule has 0 aliphatic rings. The second-order valence-corrected chi connectivity index (χ2v) is 5.35. The third kappa shape index (κ3) is 3.93. The number of carbonyl (C=O) groups excluding carboxylic acids is 2. The van der Waals surface area contributed by atoms with Gasteiger partial charge in [-0.3, -0.25) is 4.79 Å². The lowest BCUT2D eigenvalue weighted by Crippen LogP contribution is -2.24. The molecular formula is C19H20O5. The van der Waals surface area contributed by atoms with Crippen LogP contribution in [0.1, 0.15) is 40.1 Å². The average Bonchev–Trinajstić information content (AvgIpc) is 2.60. The fourth-order valence-corrected chi connectivity index (χ4v) is 2.23. The first-order valence-corrected chi connectivity index (χ1v) is 7.67. The molecule has 5 heteroatoms. The molecule has 5 nitrogen and oxygen atoms in total. The number of Topliss-reactive ketones (excluding diaryl/α,β-unsaturated/α-hetero) is 1. The Hall–Kier alpha value is -2.82. The van der Waals surface area contributed by atoms with E-state index in [0.29, 0.717) is 11.3 Å². The van der Waals surface area contributed by atoms with Gasteiger partial charge in [-0.2, -0.15) is 0 Å². The molecule has 2 rings (SSSR count). The Balaban J connectivity index is 2.08. The molecule has 0 spiro atoms. The number of phenolic OH excluding ortho intramolecular Hbond substituents is 1. The van der Waals surface area contributed by atoms with Gasteiger partial charge < -0.3 is 14.6 Å². The lowest BCUT2D eigenvalue weighted by Gasteiger charge is -2.13. The number of aryl methyl sites for hydroxylation is 1. The summed E-state index contributed by atoms with van der Waals surface area (Å²) in [7, 11) is 1.46. The van der Waals surface area contributed by atoms with E-state index in [0.717, 1.165) is 12.0 Å². The monoisotopic (exact) mass is 328 g/mol. The van der Waals surface area contributed by atoms with Gasteiger partial charge in [0, 0.05) is 11.6 Å². The van der Waals surface area contributed by atoms with Crippen LogP contribution in [0.5, 0.6) is 11.5 Å². The summed E-state index contributed by atoms with van der Waals surface area (Å²) in [5.74, 6) is -0.893. The fraction of sp³-hybridized carbons (Fsp3) is 0.263. The number of benzene rings is 2.